The molecule has 132 valence electrons. The molecule has 0 aromatic heterocycles. The van der Waals surface area contributed by atoms with E-state index < -0.39 is 23.7 Å². The Morgan fingerprint density at radius 2 is 1.71 bits per heavy atom. The second kappa shape index (κ2) is 7.21. The molecule has 1 unspecified atom stereocenters. The van der Waals surface area contributed by atoms with Crippen LogP contribution in [0.1, 0.15) is 19.4 Å². The summed E-state index contributed by atoms with van der Waals surface area (Å²) in [6, 6.07) is 4.32. The van der Waals surface area contributed by atoms with Crippen molar-refractivity contribution < 1.29 is 22.8 Å². The molecule has 1 aromatic rings. The fraction of sp³-hybridized carbons (Fsp3) is 0.500. The number of nitrogens with one attached hydrogen (secondary N) is 1. The van der Waals surface area contributed by atoms with Crippen molar-refractivity contribution in [3.8, 4) is 0 Å². The molecular weight excluding hydrogens is 323 g/mol. The Kier molecular flexibility index (Phi) is 5.48. The minimum atomic E-state index is -4.53. The van der Waals surface area contributed by atoms with Gasteiger partial charge in [-0.1, -0.05) is 12.1 Å². The molecule has 0 bridgehead atoms. The van der Waals surface area contributed by atoms with Crippen LogP contribution < -0.4 is 5.32 Å². The Balaban J connectivity index is 2.02. The van der Waals surface area contributed by atoms with Gasteiger partial charge < -0.3 is 10.2 Å². The van der Waals surface area contributed by atoms with Gasteiger partial charge in [0.15, 0.2) is 0 Å². The van der Waals surface area contributed by atoms with Gasteiger partial charge in [-0.05, 0) is 19.1 Å². The van der Waals surface area contributed by atoms with Crippen LogP contribution in [-0.2, 0) is 15.8 Å². The minimum absolute atomic E-state index is 0.0224. The number of amides is 2. The van der Waals surface area contributed by atoms with Crippen molar-refractivity contribution in [1.82, 2.24) is 9.80 Å². The summed E-state index contributed by atoms with van der Waals surface area (Å²) in [7, 11) is 0. The number of nitrogens with zero attached hydrogens (tertiary/aromatic N) is 2. The number of hydrogen-bond donors (Lipinski definition) is 1. The third-order valence-electron chi connectivity index (χ3n) is 4.18. The first-order valence-corrected chi connectivity index (χ1v) is 7.67. The average Bonchev–Trinajstić information content (AvgIpc) is 2.53. The number of piperazine rings is 1. The summed E-state index contributed by atoms with van der Waals surface area (Å²) in [5.41, 5.74) is -1.11. The molecule has 24 heavy (non-hydrogen) atoms. The van der Waals surface area contributed by atoms with Gasteiger partial charge in [-0.15, -0.1) is 0 Å². The van der Waals surface area contributed by atoms with Crippen LogP contribution in [-0.4, -0.2) is 53.8 Å². The van der Waals surface area contributed by atoms with Crippen molar-refractivity contribution in [2.75, 3.05) is 31.5 Å². The maximum absolute atomic E-state index is 13.0. The standard InChI is InChI=1S/C16H20F3N3O2/c1-11(21-7-9-22(10-8-21)12(2)23)15(24)20-14-6-4-3-5-13(14)16(17,18)19/h3-6,11H,7-10H2,1-2H3,(H,20,24). The van der Waals surface area contributed by atoms with Crippen LogP contribution in [0.5, 0.6) is 0 Å². The quantitative estimate of drug-likeness (QED) is 0.915. The molecule has 2 rings (SSSR count). The van der Waals surface area contributed by atoms with E-state index in [1.807, 2.05) is 4.90 Å². The maximum Gasteiger partial charge on any atom is 0.418 e. The number of anilines is 1. The first kappa shape index (κ1) is 18.3. The fourth-order valence-corrected chi connectivity index (χ4v) is 2.67. The topological polar surface area (TPSA) is 52.7 Å². The zero-order valence-electron chi connectivity index (χ0n) is 13.6. The van der Waals surface area contributed by atoms with E-state index in [1.54, 1.807) is 11.8 Å². The van der Waals surface area contributed by atoms with E-state index >= 15 is 0 Å². The first-order valence-electron chi connectivity index (χ1n) is 7.67. The van der Waals surface area contributed by atoms with Crippen LogP contribution in [0.4, 0.5) is 18.9 Å². The number of para-hydroxylation sites is 1. The molecule has 1 aliphatic heterocycles. The molecule has 2 amide bonds. The van der Waals surface area contributed by atoms with Gasteiger partial charge in [-0.2, -0.15) is 13.2 Å². The van der Waals surface area contributed by atoms with E-state index in [0.717, 1.165) is 6.07 Å². The normalized spacial score (nSPS) is 17.5. The largest absolute Gasteiger partial charge is 0.418 e. The van der Waals surface area contributed by atoms with Crippen molar-refractivity contribution in [3.63, 3.8) is 0 Å². The van der Waals surface area contributed by atoms with Crippen molar-refractivity contribution in [3.05, 3.63) is 29.8 Å². The highest BCUT2D eigenvalue weighted by Gasteiger charge is 2.34. The van der Waals surface area contributed by atoms with Crippen molar-refractivity contribution >= 4 is 17.5 Å². The predicted molar refractivity (Wildman–Crippen MR) is 83.4 cm³/mol. The third kappa shape index (κ3) is 4.25. The van der Waals surface area contributed by atoms with Crippen molar-refractivity contribution in [2.45, 2.75) is 26.1 Å². The van der Waals surface area contributed by atoms with Crippen molar-refractivity contribution in [1.29, 1.82) is 0 Å². The van der Waals surface area contributed by atoms with Crippen LogP contribution in [0.25, 0.3) is 0 Å². The zero-order chi connectivity index (χ0) is 17.9. The van der Waals surface area contributed by atoms with Gasteiger partial charge in [-0.3, -0.25) is 14.5 Å². The summed E-state index contributed by atoms with van der Waals surface area (Å²) in [6.07, 6.45) is -4.53. The Hall–Kier alpha value is -2.09. The first-order chi connectivity index (χ1) is 11.2. The lowest BCUT2D eigenvalue weighted by Gasteiger charge is -2.37. The zero-order valence-corrected chi connectivity index (χ0v) is 13.6. The number of carbonyl (C=O) groups excluding carboxylic acids is 2. The molecule has 0 aliphatic carbocycles. The summed E-state index contributed by atoms with van der Waals surface area (Å²) in [4.78, 5) is 27.1. The van der Waals surface area contributed by atoms with Gasteiger partial charge in [0, 0.05) is 33.1 Å². The average molecular weight is 343 g/mol. The van der Waals surface area contributed by atoms with Gasteiger partial charge >= 0.3 is 6.18 Å². The van der Waals surface area contributed by atoms with Gasteiger partial charge in [0.05, 0.1) is 17.3 Å². The lowest BCUT2D eigenvalue weighted by Crippen LogP contribution is -2.53. The number of alkyl halides is 3. The lowest BCUT2D eigenvalue weighted by molar-refractivity contribution is -0.137. The van der Waals surface area contributed by atoms with Crippen LogP contribution in [0.2, 0.25) is 0 Å². The molecule has 0 saturated carbocycles. The molecule has 1 heterocycles. The maximum atomic E-state index is 13.0. The SMILES string of the molecule is CC(=O)N1CCN(C(C)C(=O)Nc2ccccc2C(F)(F)F)CC1. The van der Waals surface area contributed by atoms with Gasteiger partial charge in [-0.25, -0.2) is 0 Å². The molecule has 1 N–H and O–H groups in total. The Bertz CT molecular complexity index is 611. The molecule has 1 fully saturated rings. The lowest BCUT2D eigenvalue weighted by atomic mass is 10.1. The number of rotatable bonds is 3. The van der Waals surface area contributed by atoms with E-state index in [2.05, 4.69) is 5.32 Å². The second-order valence-corrected chi connectivity index (χ2v) is 5.75. The Morgan fingerprint density at radius 3 is 2.25 bits per heavy atom. The van der Waals surface area contributed by atoms with Crippen molar-refractivity contribution in [2.24, 2.45) is 0 Å². The highest BCUT2D eigenvalue weighted by Crippen LogP contribution is 2.34. The number of benzene rings is 1. The third-order valence-corrected chi connectivity index (χ3v) is 4.18. The molecular formula is C16H20F3N3O2. The minimum Gasteiger partial charge on any atom is -0.340 e. The van der Waals surface area contributed by atoms with Crippen LogP contribution in [0.3, 0.4) is 0 Å². The van der Waals surface area contributed by atoms with E-state index in [9.17, 15) is 22.8 Å². The summed E-state index contributed by atoms with van der Waals surface area (Å²) in [5, 5.41) is 2.37. The molecule has 1 saturated heterocycles. The van der Waals surface area contributed by atoms with E-state index in [0.29, 0.717) is 26.2 Å². The number of hydrogen-bond acceptors (Lipinski definition) is 3. The molecule has 8 heteroatoms. The van der Waals surface area contributed by atoms with E-state index in [-0.39, 0.29) is 11.6 Å². The molecule has 0 radical (unpaired) electrons. The van der Waals surface area contributed by atoms with Crippen LogP contribution in [0, 0.1) is 0 Å². The van der Waals surface area contributed by atoms with Gasteiger partial charge in [0.1, 0.15) is 0 Å². The van der Waals surface area contributed by atoms with E-state index in [1.165, 1.54) is 25.1 Å². The number of halogens is 3. The summed E-state index contributed by atoms with van der Waals surface area (Å²) >= 11 is 0. The second-order valence-electron chi connectivity index (χ2n) is 5.75. The highest BCUT2D eigenvalue weighted by atomic mass is 19.4. The summed E-state index contributed by atoms with van der Waals surface area (Å²) in [6.45, 7) is 5.16. The summed E-state index contributed by atoms with van der Waals surface area (Å²) in [5.74, 6) is -0.520. The van der Waals surface area contributed by atoms with Gasteiger partial charge in [0.25, 0.3) is 0 Å². The monoisotopic (exact) mass is 343 g/mol. The van der Waals surface area contributed by atoms with Gasteiger partial charge in [0.2, 0.25) is 11.8 Å². The molecule has 1 aliphatic rings. The molecule has 0 spiro atoms. The Labute approximate surface area is 138 Å². The number of carbonyl (C=O) groups is 2. The van der Waals surface area contributed by atoms with E-state index in [4.69, 9.17) is 0 Å². The van der Waals surface area contributed by atoms with Crippen LogP contribution in [0.15, 0.2) is 24.3 Å². The molecule has 1 atom stereocenters. The van der Waals surface area contributed by atoms with Crippen LogP contribution >= 0.6 is 0 Å². The fourth-order valence-electron chi connectivity index (χ4n) is 2.67. The Morgan fingerprint density at radius 1 is 1.12 bits per heavy atom. The highest BCUT2D eigenvalue weighted by molar-refractivity contribution is 5.95. The predicted octanol–water partition coefficient (Wildman–Crippen LogP) is 2.20. The smallest absolute Gasteiger partial charge is 0.340 e. The molecule has 1 aromatic carbocycles. The molecule has 5 nitrogen and oxygen atoms in total. The summed E-state index contributed by atoms with van der Waals surface area (Å²) < 4.78 is 38.9.